The summed E-state index contributed by atoms with van der Waals surface area (Å²) < 4.78 is 27.7. The number of benzene rings is 1. The highest BCUT2D eigenvalue weighted by Gasteiger charge is 2.34. The van der Waals surface area contributed by atoms with Crippen LogP contribution in [0.5, 0.6) is 0 Å². The van der Waals surface area contributed by atoms with Crippen molar-refractivity contribution < 1.29 is 8.42 Å². The molecule has 0 spiro atoms. The van der Waals surface area contributed by atoms with E-state index < -0.39 is 10.0 Å². The van der Waals surface area contributed by atoms with E-state index >= 15 is 0 Å². The first-order valence-electron chi connectivity index (χ1n) is 7.49. The standard InChI is InChI=1S/C16H26N2O2S.ClH/c1-10-11(2)13(4)16(14(5)12(10)3)21(19,20)18-7-6-15(8-17)9-18;/h15H,6-9,17H2,1-5H3;1H. The van der Waals surface area contributed by atoms with E-state index in [0.29, 0.717) is 24.5 Å². The topological polar surface area (TPSA) is 63.4 Å². The van der Waals surface area contributed by atoms with Crippen LogP contribution in [-0.2, 0) is 10.0 Å². The van der Waals surface area contributed by atoms with Crippen molar-refractivity contribution in [1.29, 1.82) is 0 Å². The van der Waals surface area contributed by atoms with E-state index in [1.807, 2.05) is 27.7 Å². The Morgan fingerprint density at radius 2 is 1.45 bits per heavy atom. The smallest absolute Gasteiger partial charge is 0.243 e. The second kappa shape index (κ2) is 6.87. The maximum absolute atomic E-state index is 13.0. The number of nitrogens with two attached hydrogens (primary N) is 1. The van der Waals surface area contributed by atoms with Crippen molar-refractivity contribution in [2.45, 2.75) is 45.9 Å². The third kappa shape index (κ3) is 3.04. The minimum absolute atomic E-state index is 0. The molecule has 1 heterocycles. The van der Waals surface area contributed by atoms with Crippen LogP contribution in [0.1, 0.15) is 34.2 Å². The Hall–Kier alpha value is -0.620. The zero-order chi connectivity index (χ0) is 15.9. The van der Waals surface area contributed by atoms with Crippen LogP contribution in [0.3, 0.4) is 0 Å². The number of halogens is 1. The van der Waals surface area contributed by atoms with E-state index in [1.165, 1.54) is 5.56 Å². The van der Waals surface area contributed by atoms with E-state index in [9.17, 15) is 8.42 Å². The molecule has 6 heteroatoms. The van der Waals surface area contributed by atoms with Gasteiger partial charge in [0.1, 0.15) is 0 Å². The number of nitrogens with zero attached hydrogens (tertiary/aromatic N) is 1. The van der Waals surface area contributed by atoms with Crippen LogP contribution < -0.4 is 5.73 Å². The summed E-state index contributed by atoms with van der Waals surface area (Å²) in [5, 5.41) is 0. The van der Waals surface area contributed by atoms with Crippen LogP contribution in [0.2, 0.25) is 0 Å². The summed E-state index contributed by atoms with van der Waals surface area (Å²) in [7, 11) is -3.43. The van der Waals surface area contributed by atoms with Gasteiger partial charge in [0.25, 0.3) is 0 Å². The normalized spacial score (nSPS) is 19.3. The van der Waals surface area contributed by atoms with Gasteiger partial charge in [0.05, 0.1) is 4.90 Å². The lowest BCUT2D eigenvalue weighted by molar-refractivity contribution is 0.458. The molecule has 1 unspecified atom stereocenters. The highest BCUT2D eigenvalue weighted by Crippen LogP contribution is 2.33. The molecule has 1 aliphatic heterocycles. The van der Waals surface area contributed by atoms with Crippen molar-refractivity contribution in [3.05, 3.63) is 27.8 Å². The van der Waals surface area contributed by atoms with E-state index in [-0.39, 0.29) is 18.3 Å². The second-order valence-electron chi connectivity index (χ2n) is 6.21. The Balaban J connectivity index is 0.00000242. The molecule has 1 fully saturated rings. The van der Waals surface area contributed by atoms with E-state index in [0.717, 1.165) is 28.7 Å². The second-order valence-corrected chi connectivity index (χ2v) is 8.08. The van der Waals surface area contributed by atoms with E-state index in [2.05, 4.69) is 6.92 Å². The summed E-state index contributed by atoms with van der Waals surface area (Å²) in [6, 6.07) is 0. The molecular formula is C16H27ClN2O2S. The summed E-state index contributed by atoms with van der Waals surface area (Å²) in [5.41, 5.74) is 10.8. The Labute approximate surface area is 140 Å². The first kappa shape index (κ1) is 19.4. The van der Waals surface area contributed by atoms with Gasteiger partial charge in [-0.3, -0.25) is 0 Å². The van der Waals surface area contributed by atoms with Crippen LogP contribution in [0, 0.1) is 40.5 Å². The zero-order valence-electron chi connectivity index (χ0n) is 14.1. The minimum Gasteiger partial charge on any atom is -0.330 e. The molecule has 4 nitrogen and oxygen atoms in total. The molecule has 2 N–H and O–H groups in total. The molecule has 1 atom stereocenters. The highest BCUT2D eigenvalue weighted by atomic mass is 35.5. The van der Waals surface area contributed by atoms with Gasteiger partial charge < -0.3 is 5.73 Å². The molecule has 2 rings (SSSR count). The fraction of sp³-hybridized carbons (Fsp3) is 0.625. The van der Waals surface area contributed by atoms with Crippen molar-refractivity contribution in [2.75, 3.05) is 19.6 Å². The van der Waals surface area contributed by atoms with Gasteiger partial charge in [-0.05, 0) is 81.3 Å². The molecule has 1 saturated heterocycles. The quantitative estimate of drug-likeness (QED) is 0.915. The van der Waals surface area contributed by atoms with Crippen LogP contribution in [0.25, 0.3) is 0 Å². The monoisotopic (exact) mass is 346 g/mol. The number of rotatable bonds is 3. The first-order chi connectivity index (χ1) is 9.71. The van der Waals surface area contributed by atoms with E-state index in [1.54, 1.807) is 4.31 Å². The molecule has 1 aromatic carbocycles. The zero-order valence-corrected chi connectivity index (χ0v) is 15.7. The fourth-order valence-corrected chi connectivity index (χ4v) is 5.28. The molecule has 0 bridgehead atoms. The van der Waals surface area contributed by atoms with Crippen molar-refractivity contribution in [3.63, 3.8) is 0 Å². The lowest BCUT2D eigenvalue weighted by Crippen LogP contribution is -2.31. The van der Waals surface area contributed by atoms with Gasteiger partial charge in [0.2, 0.25) is 10.0 Å². The van der Waals surface area contributed by atoms with Gasteiger partial charge in [-0.1, -0.05) is 0 Å². The van der Waals surface area contributed by atoms with Crippen molar-refractivity contribution in [2.24, 2.45) is 11.7 Å². The predicted molar refractivity (Wildman–Crippen MR) is 93.3 cm³/mol. The van der Waals surface area contributed by atoms with Crippen molar-refractivity contribution in [1.82, 2.24) is 4.31 Å². The van der Waals surface area contributed by atoms with Crippen LogP contribution in [0.15, 0.2) is 4.90 Å². The minimum atomic E-state index is -3.43. The van der Waals surface area contributed by atoms with Crippen LogP contribution in [0.4, 0.5) is 0 Å². The summed E-state index contributed by atoms with van der Waals surface area (Å²) >= 11 is 0. The predicted octanol–water partition coefficient (Wildman–Crippen LogP) is 2.62. The Kier molecular flexibility index (Phi) is 6.07. The van der Waals surface area contributed by atoms with Gasteiger partial charge in [-0.25, -0.2) is 8.42 Å². The largest absolute Gasteiger partial charge is 0.330 e. The summed E-state index contributed by atoms with van der Waals surface area (Å²) in [6.45, 7) is 11.6. The molecular weight excluding hydrogens is 320 g/mol. The van der Waals surface area contributed by atoms with Gasteiger partial charge in [0.15, 0.2) is 0 Å². The maximum atomic E-state index is 13.0. The summed E-state index contributed by atoms with van der Waals surface area (Å²) in [6.07, 6.45) is 0.859. The van der Waals surface area contributed by atoms with Crippen LogP contribution >= 0.6 is 12.4 Å². The third-order valence-corrected chi connectivity index (χ3v) is 7.25. The summed E-state index contributed by atoms with van der Waals surface area (Å²) in [4.78, 5) is 0.501. The number of hydrogen-bond donors (Lipinski definition) is 1. The molecule has 0 aromatic heterocycles. The highest BCUT2D eigenvalue weighted by molar-refractivity contribution is 7.89. The fourth-order valence-electron chi connectivity index (χ4n) is 3.19. The molecule has 1 aromatic rings. The lowest BCUT2D eigenvalue weighted by Gasteiger charge is -2.23. The molecule has 1 aliphatic rings. The van der Waals surface area contributed by atoms with Crippen molar-refractivity contribution in [3.8, 4) is 0 Å². The Morgan fingerprint density at radius 1 is 1.00 bits per heavy atom. The molecule has 0 saturated carbocycles. The molecule has 22 heavy (non-hydrogen) atoms. The number of sulfonamides is 1. The average Bonchev–Trinajstić information content (AvgIpc) is 2.92. The van der Waals surface area contributed by atoms with Crippen molar-refractivity contribution >= 4 is 22.4 Å². The third-order valence-electron chi connectivity index (χ3n) is 5.11. The first-order valence-corrected chi connectivity index (χ1v) is 8.93. The van der Waals surface area contributed by atoms with Gasteiger partial charge in [-0.2, -0.15) is 4.31 Å². The lowest BCUT2D eigenvalue weighted by atomic mass is 9.95. The van der Waals surface area contributed by atoms with Gasteiger partial charge in [-0.15, -0.1) is 12.4 Å². The molecule has 0 radical (unpaired) electrons. The number of hydrogen-bond acceptors (Lipinski definition) is 3. The molecule has 126 valence electrons. The average molecular weight is 347 g/mol. The Morgan fingerprint density at radius 3 is 1.86 bits per heavy atom. The maximum Gasteiger partial charge on any atom is 0.243 e. The van der Waals surface area contributed by atoms with E-state index in [4.69, 9.17) is 5.73 Å². The summed E-state index contributed by atoms with van der Waals surface area (Å²) in [5.74, 6) is 0.285. The van der Waals surface area contributed by atoms with Gasteiger partial charge >= 0.3 is 0 Å². The molecule has 0 amide bonds. The van der Waals surface area contributed by atoms with Crippen LogP contribution in [-0.4, -0.2) is 32.4 Å². The SMILES string of the molecule is Cc1c(C)c(C)c(S(=O)(=O)N2CCC(CN)C2)c(C)c1C.Cl. The Bertz CT molecular complexity index is 642. The molecule has 0 aliphatic carbocycles. The van der Waals surface area contributed by atoms with Gasteiger partial charge in [0, 0.05) is 13.1 Å².